The van der Waals surface area contributed by atoms with Crippen molar-refractivity contribution in [3.05, 3.63) is 54.4 Å². The lowest BCUT2D eigenvalue weighted by Gasteiger charge is -2.33. The van der Waals surface area contributed by atoms with Crippen LogP contribution in [-0.2, 0) is 21.4 Å². The summed E-state index contributed by atoms with van der Waals surface area (Å²) in [5.74, 6) is -2.30. The molecule has 0 aliphatic carbocycles. The second-order valence-electron chi connectivity index (χ2n) is 8.46. The highest BCUT2D eigenvalue weighted by Crippen LogP contribution is 2.39. The minimum absolute atomic E-state index is 0.133. The number of hydrogen-bond acceptors (Lipinski definition) is 6. The Balaban J connectivity index is 0.000000406. The number of aliphatic carboxylic acids is 1. The maximum Gasteiger partial charge on any atom is 0.490 e. The van der Waals surface area contributed by atoms with E-state index in [0.29, 0.717) is 18.8 Å². The normalized spacial score (nSPS) is 22.4. The molecule has 1 aromatic heterocycles. The van der Waals surface area contributed by atoms with Gasteiger partial charge in [-0.15, -0.1) is 0 Å². The molecule has 8 nitrogen and oxygen atoms in total. The first kappa shape index (κ1) is 25.9. The van der Waals surface area contributed by atoms with Crippen LogP contribution < -0.4 is 4.74 Å². The number of fused-ring (bicyclic) bond motifs is 1. The standard InChI is InChI=1S/C20H25N3O3S.C2HF3O2/c1-16(2)23-15-20(26-18-8-3-4-9-19(18)27(23,24)25)10-12-22(14-20)13-17-7-5-6-11-21-17;3-2(4,5)1(6)7/h3-9,11,16H,10,12-15H2,1-2H3;(H,6,7). The van der Waals surface area contributed by atoms with Gasteiger partial charge in [-0.25, -0.2) is 13.2 Å². The predicted octanol–water partition coefficient (Wildman–Crippen LogP) is 3.15. The molecule has 0 amide bonds. The monoisotopic (exact) mass is 501 g/mol. The number of para-hydroxylation sites is 1. The highest BCUT2D eigenvalue weighted by atomic mass is 32.2. The number of nitrogens with zero attached hydrogens (tertiary/aromatic N) is 3. The van der Waals surface area contributed by atoms with Gasteiger partial charge in [0.1, 0.15) is 16.2 Å². The number of carboxylic acid groups (broad SMARTS) is 1. The number of ether oxygens (including phenoxy) is 1. The number of carboxylic acids is 1. The Morgan fingerprint density at radius 2 is 1.82 bits per heavy atom. The lowest BCUT2D eigenvalue weighted by Crippen LogP contribution is -2.51. The van der Waals surface area contributed by atoms with E-state index in [-0.39, 0.29) is 10.9 Å². The van der Waals surface area contributed by atoms with E-state index in [4.69, 9.17) is 14.6 Å². The zero-order valence-corrected chi connectivity index (χ0v) is 19.5. The minimum Gasteiger partial charge on any atom is -0.483 e. The maximum absolute atomic E-state index is 13.2. The van der Waals surface area contributed by atoms with Crippen molar-refractivity contribution in [2.45, 2.75) is 49.5 Å². The van der Waals surface area contributed by atoms with E-state index in [1.54, 1.807) is 28.7 Å². The van der Waals surface area contributed by atoms with Crippen LogP contribution in [0.5, 0.6) is 5.75 Å². The molecule has 1 N–H and O–H groups in total. The van der Waals surface area contributed by atoms with Crippen molar-refractivity contribution in [1.82, 2.24) is 14.2 Å². The summed E-state index contributed by atoms with van der Waals surface area (Å²) in [7, 11) is -3.58. The molecule has 4 rings (SSSR count). The molecular formula is C22H26F3N3O5S. The summed E-state index contributed by atoms with van der Waals surface area (Å²) in [6.45, 7) is 6.46. The van der Waals surface area contributed by atoms with Gasteiger partial charge >= 0.3 is 12.1 Å². The third-order valence-corrected chi connectivity index (χ3v) is 7.59. The van der Waals surface area contributed by atoms with Crippen molar-refractivity contribution >= 4 is 16.0 Å². The summed E-state index contributed by atoms with van der Waals surface area (Å²) in [5.41, 5.74) is 0.468. The molecule has 3 heterocycles. The highest BCUT2D eigenvalue weighted by Gasteiger charge is 2.48. The summed E-state index contributed by atoms with van der Waals surface area (Å²) < 4.78 is 66.1. The van der Waals surface area contributed by atoms with Crippen LogP contribution in [0.2, 0.25) is 0 Å². The van der Waals surface area contributed by atoms with Gasteiger partial charge in [-0.2, -0.15) is 17.5 Å². The first-order valence-corrected chi connectivity index (χ1v) is 12.0. The third kappa shape index (κ3) is 5.86. The summed E-state index contributed by atoms with van der Waals surface area (Å²) in [6.07, 6.45) is -2.50. The zero-order valence-electron chi connectivity index (χ0n) is 18.7. The maximum atomic E-state index is 13.2. The molecule has 1 aromatic carbocycles. The Hall–Kier alpha value is -2.70. The van der Waals surface area contributed by atoms with Crippen LogP contribution in [0, 0.1) is 0 Å². The summed E-state index contributed by atoms with van der Waals surface area (Å²) in [6, 6.07) is 12.8. The Kier molecular flexibility index (Phi) is 7.53. The van der Waals surface area contributed by atoms with Gasteiger partial charge < -0.3 is 9.84 Å². The molecule has 0 radical (unpaired) electrons. The van der Waals surface area contributed by atoms with Crippen LogP contribution in [0.15, 0.2) is 53.6 Å². The van der Waals surface area contributed by atoms with Crippen LogP contribution in [0.3, 0.4) is 0 Å². The fourth-order valence-electron chi connectivity index (χ4n) is 3.96. The Bertz CT molecular complexity index is 1110. The van der Waals surface area contributed by atoms with Crippen LogP contribution in [0.1, 0.15) is 26.0 Å². The van der Waals surface area contributed by atoms with Gasteiger partial charge in [-0.05, 0) is 38.1 Å². The van der Waals surface area contributed by atoms with Crippen molar-refractivity contribution in [2.24, 2.45) is 0 Å². The summed E-state index contributed by atoms with van der Waals surface area (Å²) >= 11 is 0. The van der Waals surface area contributed by atoms with Crippen LogP contribution in [0.4, 0.5) is 13.2 Å². The number of hydrogen-bond donors (Lipinski definition) is 1. The number of pyridine rings is 1. The lowest BCUT2D eigenvalue weighted by molar-refractivity contribution is -0.192. The van der Waals surface area contributed by atoms with E-state index in [2.05, 4.69) is 9.88 Å². The molecule has 1 unspecified atom stereocenters. The third-order valence-electron chi connectivity index (χ3n) is 5.53. The molecular weight excluding hydrogens is 475 g/mol. The number of likely N-dealkylation sites (tertiary alicyclic amines) is 1. The zero-order chi connectivity index (χ0) is 25.1. The second-order valence-corrected chi connectivity index (χ2v) is 10.3. The van der Waals surface area contributed by atoms with Crippen LogP contribution in [-0.4, -0.2) is 71.1 Å². The topological polar surface area (TPSA) is 100 Å². The Morgan fingerprint density at radius 3 is 2.41 bits per heavy atom. The van der Waals surface area contributed by atoms with E-state index in [0.717, 1.165) is 25.2 Å². The van der Waals surface area contributed by atoms with Crippen molar-refractivity contribution < 1.29 is 36.2 Å². The molecule has 34 heavy (non-hydrogen) atoms. The van der Waals surface area contributed by atoms with Crippen LogP contribution in [0.25, 0.3) is 0 Å². The fraction of sp³-hybridized carbons (Fsp3) is 0.455. The van der Waals surface area contributed by atoms with Gasteiger partial charge in [-0.3, -0.25) is 9.88 Å². The molecule has 2 aromatic rings. The first-order valence-electron chi connectivity index (χ1n) is 10.6. The molecule has 1 spiro atoms. The molecule has 0 saturated carbocycles. The number of halogens is 3. The van der Waals surface area contributed by atoms with Gasteiger partial charge in [0.05, 0.1) is 12.2 Å². The van der Waals surface area contributed by atoms with Crippen molar-refractivity contribution in [3.8, 4) is 5.75 Å². The smallest absolute Gasteiger partial charge is 0.483 e. The largest absolute Gasteiger partial charge is 0.490 e. The molecule has 186 valence electrons. The predicted molar refractivity (Wildman–Crippen MR) is 117 cm³/mol. The summed E-state index contributed by atoms with van der Waals surface area (Å²) in [4.78, 5) is 15.9. The number of rotatable bonds is 3. The molecule has 2 aliphatic rings. The van der Waals surface area contributed by atoms with E-state index in [1.165, 1.54) is 0 Å². The molecule has 1 fully saturated rings. The number of benzene rings is 1. The SMILES string of the molecule is CC(C)N1CC2(CCN(Cc3ccccn3)C2)Oc2ccccc2S1(=O)=O.O=C(O)C(F)(F)F. The Labute approximate surface area is 196 Å². The van der Waals surface area contributed by atoms with E-state index < -0.39 is 27.8 Å². The van der Waals surface area contributed by atoms with Gasteiger partial charge in [0.2, 0.25) is 10.0 Å². The van der Waals surface area contributed by atoms with E-state index in [9.17, 15) is 21.6 Å². The van der Waals surface area contributed by atoms with Crippen LogP contribution >= 0.6 is 0 Å². The molecule has 2 aliphatic heterocycles. The highest BCUT2D eigenvalue weighted by molar-refractivity contribution is 7.89. The number of aromatic nitrogens is 1. The van der Waals surface area contributed by atoms with Gasteiger partial charge in [0.25, 0.3) is 0 Å². The van der Waals surface area contributed by atoms with Crippen molar-refractivity contribution in [3.63, 3.8) is 0 Å². The number of carbonyl (C=O) groups is 1. The number of sulfonamides is 1. The average molecular weight is 502 g/mol. The minimum atomic E-state index is -5.08. The van der Waals surface area contributed by atoms with E-state index in [1.807, 2.05) is 38.1 Å². The molecule has 1 saturated heterocycles. The second kappa shape index (κ2) is 9.88. The quantitative estimate of drug-likeness (QED) is 0.690. The lowest BCUT2D eigenvalue weighted by atomic mass is 10.0. The number of alkyl halides is 3. The van der Waals surface area contributed by atoms with Gasteiger partial charge in [0, 0.05) is 38.3 Å². The van der Waals surface area contributed by atoms with Gasteiger partial charge in [0.15, 0.2) is 0 Å². The van der Waals surface area contributed by atoms with E-state index >= 15 is 0 Å². The fourth-order valence-corrected chi connectivity index (χ4v) is 5.79. The van der Waals surface area contributed by atoms with Gasteiger partial charge in [-0.1, -0.05) is 18.2 Å². The molecule has 0 bridgehead atoms. The first-order chi connectivity index (χ1) is 15.8. The molecule has 1 atom stereocenters. The van der Waals surface area contributed by atoms with Crippen molar-refractivity contribution in [1.29, 1.82) is 0 Å². The summed E-state index contributed by atoms with van der Waals surface area (Å²) in [5, 5.41) is 7.12. The molecule has 12 heteroatoms. The Morgan fingerprint density at radius 1 is 1.18 bits per heavy atom. The average Bonchev–Trinajstić information content (AvgIpc) is 3.10. The van der Waals surface area contributed by atoms with Crippen molar-refractivity contribution in [2.75, 3.05) is 19.6 Å².